The van der Waals surface area contributed by atoms with Gasteiger partial charge in [0.25, 0.3) is 5.91 Å². The van der Waals surface area contributed by atoms with Gasteiger partial charge in [0.1, 0.15) is 0 Å². The second kappa shape index (κ2) is 7.25. The molecule has 0 fully saturated rings. The quantitative estimate of drug-likeness (QED) is 0.848. The number of nitriles is 1. The minimum Gasteiger partial charge on any atom is -0.347 e. The first-order valence-corrected chi connectivity index (χ1v) is 7.15. The van der Waals surface area contributed by atoms with Crippen LogP contribution in [0.2, 0.25) is 0 Å². The number of hydrogen-bond donors (Lipinski definition) is 2. The SMILES string of the molecule is N#Cc1ccc(C(=O)NCc2cc(C#CCN)cs2)cc1. The van der Waals surface area contributed by atoms with Gasteiger partial charge in [0.2, 0.25) is 0 Å². The molecule has 1 aromatic carbocycles. The summed E-state index contributed by atoms with van der Waals surface area (Å²) >= 11 is 1.54. The van der Waals surface area contributed by atoms with Crippen LogP contribution in [0.15, 0.2) is 35.7 Å². The summed E-state index contributed by atoms with van der Waals surface area (Å²) in [4.78, 5) is 13.0. The molecule has 2 rings (SSSR count). The minimum absolute atomic E-state index is 0.164. The fourth-order valence-corrected chi connectivity index (χ4v) is 2.41. The summed E-state index contributed by atoms with van der Waals surface area (Å²) in [6.07, 6.45) is 0. The van der Waals surface area contributed by atoms with Crippen molar-refractivity contribution in [3.8, 4) is 17.9 Å². The second-order valence-electron chi connectivity index (χ2n) is 4.18. The van der Waals surface area contributed by atoms with Crippen LogP contribution < -0.4 is 11.1 Å². The molecule has 0 saturated carbocycles. The van der Waals surface area contributed by atoms with E-state index < -0.39 is 0 Å². The zero-order valence-corrected chi connectivity index (χ0v) is 12.0. The molecule has 0 unspecified atom stereocenters. The lowest BCUT2D eigenvalue weighted by Crippen LogP contribution is -2.22. The van der Waals surface area contributed by atoms with E-state index in [4.69, 9.17) is 11.0 Å². The molecule has 0 aliphatic heterocycles. The minimum atomic E-state index is -0.164. The standard InChI is InChI=1S/C16H13N3OS/c17-7-1-2-13-8-15(21-11-13)10-19-16(20)14-5-3-12(9-18)4-6-14/h3-6,8,11H,7,10,17H2,(H,19,20). The molecule has 0 spiro atoms. The molecule has 104 valence electrons. The highest BCUT2D eigenvalue weighted by atomic mass is 32.1. The van der Waals surface area contributed by atoms with Crippen LogP contribution in [0.4, 0.5) is 0 Å². The van der Waals surface area contributed by atoms with Crippen molar-refractivity contribution in [1.82, 2.24) is 5.32 Å². The summed E-state index contributed by atoms with van der Waals surface area (Å²) in [6.45, 7) is 0.786. The van der Waals surface area contributed by atoms with Gasteiger partial charge in [-0.1, -0.05) is 11.8 Å². The van der Waals surface area contributed by atoms with Crippen molar-refractivity contribution in [3.63, 3.8) is 0 Å². The number of nitrogens with two attached hydrogens (primary N) is 1. The monoisotopic (exact) mass is 295 g/mol. The Morgan fingerprint density at radius 2 is 2.05 bits per heavy atom. The van der Waals surface area contributed by atoms with Gasteiger partial charge in [0.05, 0.1) is 24.7 Å². The van der Waals surface area contributed by atoms with Gasteiger partial charge in [-0.25, -0.2) is 0 Å². The number of nitrogens with one attached hydrogen (secondary N) is 1. The predicted octanol–water partition coefficient (Wildman–Crippen LogP) is 1.86. The fraction of sp³-hybridized carbons (Fsp3) is 0.125. The lowest BCUT2D eigenvalue weighted by atomic mass is 10.1. The molecule has 5 heteroatoms. The van der Waals surface area contributed by atoms with E-state index in [-0.39, 0.29) is 5.91 Å². The van der Waals surface area contributed by atoms with E-state index in [1.807, 2.05) is 17.5 Å². The van der Waals surface area contributed by atoms with Crippen LogP contribution in [0.25, 0.3) is 0 Å². The van der Waals surface area contributed by atoms with E-state index in [1.165, 1.54) is 0 Å². The highest BCUT2D eigenvalue weighted by molar-refractivity contribution is 7.10. The summed E-state index contributed by atoms with van der Waals surface area (Å²) < 4.78 is 0. The van der Waals surface area contributed by atoms with E-state index in [0.29, 0.717) is 24.2 Å². The summed E-state index contributed by atoms with van der Waals surface area (Å²) in [6, 6.07) is 10.5. The Morgan fingerprint density at radius 1 is 1.29 bits per heavy atom. The van der Waals surface area contributed by atoms with Gasteiger partial charge in [-0.05, 0) is 30.3 Å². The number of amides is 1. The Hall–Kier alpha value is -2.60. The Kier molecular flexibility index (Phi) is 5.11. The molecular weight excluding hydrogens is 282 g/mol. The van der Waals surface area contributed by atoms with Crippen molar-refractivity contribution in [2.24, 2.45) is 5.73 Å². The van der Waals surface area contributed by atoms with Crippen LogP contribution in [0.1, 0.15) is 26.4 Å². The third-order valence-corrected chi connectivity index (χ3v) is 3.62. The Bertz CT molecular complexity index is 729. The Balaban J connectivity index is 1.94. The highest BCUT2D eigenvalue weighted by Crippen LogP contribution is 2.13. The molecule has 4 nitrogen and oxygen atoms in total. The van der Waals surface area contributed by atoms with Crippen LogP contribution in [0, 0.1) is 23.2 Å². The maximum absolute atomic E-state index is 12.0. The van der Waals surface area contributed by atoms with Crippen molar-refractivity contribution in [2.45, 2.75) is 6.54 Å². The number of carbonyl (C=O) groups excluding carboxylic acids is 1. The second-order valence-corrected chi connectivity index (χ2v) is 5.18. The van der Waals surface area contributed by atoms with Gasteiger partial charge in [0, 0.05) is 21.4 Å². The molecule has 0 bridgehead atoms. The largest absolute Gasteiger partial charge is 0.347 e. The van der Waals surface area contributed by atoms with Crippen LogP contribution in [-0.4, -0.2) is 12.5 Å². The van der Waals surface area contributed by atoms with Gasteiger partial charge in [0.15, 0.2) is 0 Å². The van der Waals surface area contributed by atoms with E-state index in [2.05, 4.69) is 17.2 Å². The molecule has 0 aliphatic carbocycles. The predicted molar refractivity (Wildman–Crippen MR) is 82.6 cm³/mol. The van der Waals surface area contributed by atoms with E-state index in [0.717, 1.165) is 10.4 Å². The number of benzene rings is 1. The topological polar surface area (TPSA) is 78.9 Å². The van der Waals surface area contributed by atoms with Crippen molar-refractivity contribution in [2.75, 3.05) is 6.54 Å². The van der Waals surface area contributed by atoms with Crippen molar-refractivity contribution >= 4 is 17.2 Å². The van der Waals surface area contributed by atoms with Crippen LogP contribution >= 0.6 is 11.3 Å². The Morgan fingerprint density at radius 3 is 2.71 bits per heavy atom. The first-order valence-electron chi connectivity index (χ1n) is 6.27. The van der Waals surface area contributed by atoms with E-state index in [1.54, 1.807) is 35.6 Å². The van der Waals surface area contributed by atoms with Crippen LogP contribution in [0.3, 0.4) is 0 Å². The number of thiophene rings is 1. The molecule has 0 radical (unpaired) electrons. The molecular formula is C16H13N3OS. The smallest absolute Gasteiger partial charge is 0.251 e. The summed E-state index contributed by atoms with van der Waals surface area (Å²) in [5.74, 6) is 5.57. The van der Waals surface area contributed by atoms with Gasteiger partial charge in [-0.2, -0.15) is 5.26 Å². The number of carbonyl (C=O) groups is 1. The number of rotatable bonds is 3. The molecule has 21 heavy (non-hydrogen) atoms. The van der Waals surface area contributed by atoms with Gasteiger partial charge in [-0.15, -0.1) is 11.3 Å². The third kappa shape index (κ3) is 4.19. The maximum Gasteiger partial charge on any atom is 0.251 e. The first kappa shape index (κ1) is 14.8. The lowest BCUT2D eigenvalue weighted by Gasteiger charge is -2.03. The lowest BCUT2D eigenvalue weighted by molar-refractivity contribution is 0.0951. The van der Waals surface area contributed by atoms with Crippen LogP contribution in [-0.2, 0) is 6.54 Å². The average molecular weight is 295 g/mol. The molecule has 3 N–H and O–H groups in total. The number of hydrogen-bond acceptors (Lipinski definition) is 4. The maximum atomic E-state index is 12.0. The normalized spacial score (nSPS) is 9.33. The zero-order chi connectivity index (χ0) is 15.1. The molecule has 0 saturated heterocycles. The summed E-state index contributed by atoms with van der Waals surface area (Å²) in [7, 11) is 0. The molecule has 0 atom stereocenters. The van der Waals surface area contributed by atoms with Crippen molar-refractivity contribution < 1.29 is 4.79 Å². The summed E-state index contributed by atoms with van der Waals surface area (Å²) in [5, 5.41) is 13.5. The van der Waals surface area contributed by atoms with Crippen LogP contribution in [0.5, 0.6) is 0 Å². The van der Waals surface area contributed by atoms with Gasteiger partial charge >= 0.3 is 0 Å². The van der Waals surface area contributed by atoms with Gasteiger partial charge < -0.3 is 11.1 Å². The molecule has 2 aromatic rings. The third-order valence-electron chi connectivity index (χ3n) is 2.69. The summed E-state index contributed by atoms with van der Waals surface area (Å²) in [5.41, 5.74) is 7.30. The van der Waals surface area contributed by atoms with E-state index in [9.17, 15) is 4.79 Å². The van der Waals surface area contributed by atoms with Crippen molar-refractivity contribution in [3.05, 3.63) is 57.3 Å². The Labute approximate surface area is 127 Å². The highest BCUT2D eigenvalue weighted by Gasteiger charge is 2.06. The molecule has 0 aliphatic rings. The van der Waals surface area contributed by atoms with E-state index >= 15 is 0 Å². The molecule has 1 aromatic heterocycles. The van der Waals surface area contributed by atoms with Crippen molar-refractivity contribution in [1.29, 1.82) is 5.26 Å². The average Bonchev–Trinajstić information content (AvgIpc) is 2.98. The fourth-order valence-electron chi connectivity index (χ4n) is 1.66. The van der Waals surface area contributed by atoms with Gasteiger partial charge in [-0.3, -0.25) is 4.79 Å². The zero-order valence-electron chi connectivity index (χ0n) is 11.2. The first-order chi connectivity index (χ1) is 10.2. The molecule has 1 amide bonds. The molecule has 1 heterocycles. The number of nitrogens with zero attached hydrogens (tertiary/aromatic N) is 1.